The van der Waals surface area contributed by atoms with Gasteiger partial charge in [0.2, 0.25) is 15.7 Å². The molecule has 3 rings (SSSR count). The first-order chi connectivity index (χ1) is 15.0. The standard InChI is InChI=1S/C20H16F3N3O5S/c1-31-15-3-2-4-16(11-15)32(29,30)18-9-10-19(28)26(25-18)12-17(27)24-14-7-5-13(6-8-14)20(21,22)23/h2-11H,12H2,1H3,(H,24,27). The van der Waals surface area contributed by atoms with Crippen molar-refractivity contribution in [2.45, 2.75) is 22.6 Å². The second-order valence-electron chi connectivity index (χ2n) is 6.47. The van der Waals surface area contributed by atoms with Crippen molar-refractivity contribution in [1.82, 2.24) is 9.78 Å². The third-order valence-electron chi connectivity index (χ3n) is 4.26. The smallest absolute Gasteiger partial charge is 0.416 e. The zero-order chi connectivity index (χ0) is 23.5. The number of nitrogens with one attached hydrogen (secondary N) is 1. The van der Waals surface area contributed by atoms with Crippen molar-refractivity contribution in [3.63, 3.8) is 0 Å². The molecule has 0 saturated carbocycles. The fourth-order valence-corrected chi connectivity index (χ4v) is 3.88. The summed E-state index contributed by atoms with van der Waals surface area (Å²) in [6.07, 6.45) is -4.52. The quantitative estimate of drug-likeness (QED) is 0.598. The van der Waals surface area contributed by atoms with Crippen molar-refractivity contribution in [1.29, 1.82) is 0 Å². The lowest BCUT2D eigenvalue weighted by Crippen LogP contribution is -2.30. The molecule has 0 aliphatic heterocycles. The van der Waals surface area contributed by atoms with Gasteiger partial charge in [-0.2, -0.15) is 18.3 Å². The van der Waals surface area contributed by atoms with E-state index in [1.807, 2.05) is 0 Å². The molecule has 0 unspecified atom stereocenters. The van der Waals surface area contributed by atoms with Crippen LogP contribution < -0.4 is 15.6 Å². The van der Waals surface area contributed by atoms with Crippen molar-refractivity contribution in [3.05, 3.63) is 76.6 Å². The van der Waals surface area contributed by atoms with E-state index in [-0.39, 0.29) is 10.6 Å². The summed E-state index contributed by atoms with van der Waals surface area (Å²) in [7, 11) is -2.74. The van der Waals surface area contributed by atoms with Gasteiger partial charge in [0.15, 0.2) is 5.03 Å². The summed E-state index contributed by atoms with van der Waals surface area (Å²) in [6, 6.07) is 11.3. The Bertz CT molecular complexity index is 1300. The van der Waals surface area contributed by atoms with Gasteiger partial charge in [-0.1, -0.05) is 6.07 Å². The SMILES string of the molecule is COc1cccc(S(=O)(=O)c2ccc(=O)n(CC(=O)Nc3ccc(C(F)(F)F)cc3)n2)c1. The maximum atomic E-state index is 12.8. The Morgan fingerprint density at radius 2 is 1.78 bits per heavy atom. The Kier molecular flexibility index (Phi) is 6.35. The number of carbonyl (C=O) groups is 1. The van der Waals surface area contributed by atoms with Gasteiger partial charge in [0.25, 0.3) is 5.56 Å². The summed E-state index contributed by atoms with van der Waals surface area (Å²) < 4.78 is 69.2. The van der Waals surface area contributed by atoms with E-state index in [2.05, 4.69) is 10.4 Å². The highest BCUT2D eigenvalue weighted by Gasteiger charge is 2.30. The van der Waals surface area contributed by atoms with Gasteiger partial charge in [-0.05, 0) is 48.5 Å². The lowest BCUT2D eigenvalue weighted by molar-refractivity contribution is -0.137. The van der Waals surface area contributed by atoms with E-state index < -0.39 is 44.6 Å². The Labute approximate surface area is 180 Å². The second-order valence-corrected chi connectivity index (χ2v) is 8.37. The first kappa shape index (κ1) is 23.0. The molecule has 0 radical (unpaired) electrons. The van der Waals surface area contributed by atoms with Crippen LogP contribution in [-0.2, 0) is 27.4 Å². The third-order valence-corrected chi connectivity index (χ3v) is 5.90. The summed E-state index contributed by atoms with van der Waals surface area (Å²) in [6.45, 7) is -0.651. The first-order valence-corrected chi connectivity index (χ1v) is 10.4. The lowest BCUT2D eigenvalue weighted by Gasteiger charge is -2.10. The molecule has 0 aliphatic carbocycles. The number of hydrogen-bond acceptors (Lipinski definition) is 6. The number of nitrogens with zero attached hydrogens (tertiary/aromatic N) is 2. The second kappa shape index (κ2) is 8.83. The molecule has 1 heterocycles. The van der Waals surface area contributed by atoms with Crippen molar-refractivity contribution < 1.29 is 31.1 Å². The zero-order valence-electron chi connectivity index (χ0n) is 16.5. The predicted molar refractivity (Wildman–Crippen MR) is 107 cm³/mol. The van der Waals surface area contributed by atoms with Crippen molar-refractivity contribution in [3.8, 4) is 5.75 Å². The minimum absolute atomic E-state index is 0.0659. The van der Waals surface area contributed by atoms with Gasteiger partial charge < -0.3 is 10.1 Å². The molecular formula is C20H16F3N3O5S. The largest absolute Gasteiger partial charge is 0.497 e. The molecule has 168 valence electrons. The number of sulfone groups is 1. The van der Waals surface area contributed by atoms with E-state index in [0.717, 1.165) is 36.4 Å². The highest BCUT2D eigenvalue weighted by Crippen LogP contribution is 2.29. The Morgan fingerprint density at radius 1 is 1.09 bits per heavy atom. The van der Waals surface area contributed by atoms with E-state index in [9.17, 15) is 31.2 Å². The van der Waals surface area contributed by atoms with E-state index in [1.165, 1.54) is 25.3 Å². The van der Waals surface area contributed by atoms with Gasteiger partial charge in [0.05, 0.1) is 17.6 Å². The third kappa shape index (κ3) is 5.14. The molecule has 0 atom stereocenters. The minimum atomic E-state index is -4.52. The monoisotopic (exact) mass is 467 g/mol. The average molecular weight is 467 g/mol. The fraction of sp³-hybridized carbons (Fsp3) is 0.150. The van der Waals surface area contributed by atoms with Crippen LogP contribution in [-0.4, -0.2) is 31.2 Å². The van der Waals surface area contributed by atoms with Crippen LogP contribution in [0.2, 0.25) is 0 Å². The predicted octanol–water partition coefficient (Wildman–Crippen LogP) is 2.74. The molecule has 12 heteroatoms. The number of ether oxygens (including phenoxy) is 1. The Balaban J connectivity index is 1.81. The van der Waals surface area contributed by atoms with E-state index in [1.54, 1.807) is 6.07 Å². The molecule has 1 aromatic heterocycles. The summed E-state index contributed by atoms with van der Waals surface area (Å²) in [5, 5.41) is 5.63. The molecule has 8 nitrogen and oxygen atoms in total. The number of carbonyl (C=O) groups excluding carboxylic acids is 1. The molecule has 0 spiro atoms. The van der Waals surface area contributed by atoms with Crippen LogP contribution in [0.15, 0.2) is 75.4 Å². The number of aromatic nitrogens is 2. The van der Waals surface area contributed by atoms with Crippen LogP contribution in [0.25, 0.3) is 0 Å². The molecule has 1 amide bonds. The molecule has 3 aromatic rings. The van der Waals surface area contributed by atoms with Crippen molar-refractivity contribution in [2.24, 2.45) is 0 Å². The minimum Gasteiger partial charge on any atom is -0.497 e. The number of methoxy groups -OCH3 is 1. The fourth-order valence-electron chi connectivity index (χ4n) is 2.65. The summed E-state index contributed by atoms with van der Waals surface area (Å²) in [4.78, 5) is 24.2. The van der Waals surface area contributed by atoms with Crippen LogP contribution in [0.5, 0.6) is 5.75 Å². The molecule has 0 fully saturated rings. The molecule has 0 bridgehead atoms. The van der Waals surface area contributed by atoms with Gasteiger partial charge in [-0.25, -0.2) is 13.1 Å². The van der Waals surface area contributed by atoms with Crippen molar-refractivity contribution in [2.75, 3.05) is 12.4 Å². The number of anilines is 1. The molecule has 0 saturated heterocycles. The topological polar surface area (TPSA) is 107 Å². The molecule has 0 aliphatic rings. The molecule has 1 N–H and O–H groups in total. The number of halogens is 3. The number of benzene rings is 2. The number of amides is 1. The summed E-state index contributed by atoms with van der Waals surface area (Å²) >= 11 is 0. The van der Waals surface area contributed by atoms with Gasteiger partial charge in [0.1, 0.15) is 12.3 Å². The summed E-state index contributed by atoms with van der Waals surface area (Å²) in [5.41, 5.74) is -1.56. The van der Waals surface area contributed by atoms with Gasteiger partial charge in [-0.15, -0.1) is 0 Å². The summed E-state index contributed by atoms with van der Waals surface area (Å²) in [5.74, 6) is -0.481. The highest BCUT2D eigenvalue weighted by molar-refractivity contribution is 7.91. The Hall–Kier alpha value is -3.67. The molecular weight excluding hydrogens is 451 g/mol. The maximum absolute atomic E-state index is 12.8. The number of alkyl halides is 3. The van der Waals surface area contributed by atoms with Crippen LogP contribution in [0.4, 0.5) is 18.9 Å². The van der Waals surface area contributed by atoms with Gasteiger partial charge >= 0.3 is 6.18 Å². The average Bonchev–Trinajstić information content (AvgIpc) is 2.75. The van der Waals surface area contributed by atoms with Crippen LogP contribution in [0.1, 0.15) is 5.56 Å². The highest BCUT2D eigenvalue weighted by atomic mass is 32.2. The van der Waals surface area contributed by atoms with Crippen molar-refractivity contribution >= 4 is 21.4 Å². The maximum Gasteiger partial charge on any atom is 0.416 e. The Morgan fingerprint density at radius 3 is 2.41 bits per heavy atom. The number of rotatable bonds is 6. The lowest BCUT2D eigenvalue weighted by atomic mass is 10.2. The van der Waals surface area contributed by atoms with Gasteiger partial charge in [-0.3, -0.25) is 9.59 Å². The van der Waals surface area contributed by atoms with E-state index >= 15 is 0 Å². The van der Waals surface area contributed by atoms with Crippen LogP contribution in [0, 0.1) is 0 Å². The number of hydrogen-bond donors (Lipinski definition) is 1. The van der Waals surface area contributed by atoms with Crippen LogP contribution in [0.3, 0.4) is 0 Å². The molecule has 2 aromatic carbocycles. The zero-order valence-corrected chi connectivity index (χ0v) is 17.3. The first-order valence-electron chi connectivity index (χ1n) is 8.95. The van der Waals surface area contributed by atoms with E-state index in [0.29, 0.717) is 10.4 Å². The molecule has 32 heavy (non-hydrogen) atoms. The van der Waals surface area contributed by atoms with Crippen LogP contribution >= 0.6 is 0 Å². The van der Waals surface area contributed by atoms with E-state index in [4.69, 9.17) is 4.74 Å². The normalized spacial score (nSPS) is 11.8. The van der Waals surface area contributed by atoms with Gasteiger partial charge in [0, 0.05) is 11.8 Å².